The van der Waals surface area contributed by atoms with Crippen LogP contribution in [-0.4, -0.2) is 35.8 Å². The minimum absolute atomic E-state index is 0.264. The number of ether oxygens (including phenoxy) is 1. The van der Waals surface area contributed by atoms with Crippen LogP contribution in [0.15, 0.2) is 65.4 Å². The molecule has 0 atom stereocenters. The topological polar surface area (TPSA) is 45.2 Å². The molecular formula is C22H26N2O3S. The van der Waals surface area contributed by atoms with Crippen molar-refractivity contribution in [1.82, 2.24) is 5.06 Å². The molecule has 2 aliphatic rings. The van der Waals surface area contributed by atoms with E-state index in [1.54, 1.807) is 31.0 Å². The first-order valence-corrected chi connectivity index (χ1v) is 10.7. The lowest BCUT2D eigenvalue weighted by Gasteiger charge is -2.26. The number of thioether (sulfide) groups is 1. The third-order valence-corrected chi connectivity index (χ3v) is 6.14. The maximum atomic E-state index is 9.67. The van der Waals surface area contributed by atoms with Gasteiger partial charge in [-0.05, 0) is 49.2 Å². The van der Waals surface area contributed by atoms with E-state index in [0.717, 1.165) is 40.9 Å². The summed E-state index contributed by atoms with van der Waals surface area (Å²) in [5, 5.41) is 11.6. The fraction of sp³-hybridized carbons (Fsp3) is 0.364. The minimum Gasteiger partial charge on any atom is -0.508 e. The summed E-state index contributed by atoms with van der Waals surface area (Å²) in [5.41, 5.74) is 2.11. The highest BCUT2D eigenvalue weighted by Gasteiger charge is 2.30. The highest BCUT2D eigenvalue weighted by atomic mass is 32.2. The largest absolute Gasteiger partial charge is 0.508 e. The van der Waals surface area contributed by atoms with Crippen LogP contribution in [0, 0.1) is 0 Å². The maximum absolute atomic E-state index is 9.67. The average Bonchev–Trinajstić information content (AvgIpc) is 3.37. The van der Waals surface area contributed by atoms with Gasteiger partial charge in [-0.2, -0.15) is 0 Å². The lowest BCUT2D eigenvalue weighted by Crippen LogP contribution is -2.27. The Labute approximate surface area is 170 Å². The molecule has 1 aliphatic carbocycles. The molecule has 0 spiro atoms. The fourth-order valence-corrected chi connectivity index (χ4v) is 4.67. The van der Waals surface area contributed by atoms with Crippen LogP contribution in [0.4, 0.5) is 11.4 Å². The molecule has 1 N–H and O–H groups in total. The summed E-state index contributed by atoms with van der Waals surface area (Å²) in [6.45, 7) is 0.674. The molecule has 4 rings (SSSR count). The minimum atomic E-state index is 0.264. The highest BCUT2D eigenvalue weighted by Crippen LogP contribution is 2.38. The lowest BCUT2D eigenvalue weighted by atomic mass is 10.2. The van der Waals surface area contributed by atoms with Crippen molar-refractivity contribution in [3.05, 3.63) is 65.4 Å². The van der Waals surface area contributed by atoms with Crippen molar-refractivity contribution in [2.75, 3.05) is 24.4 Å². The lowest BCUT2D eigenvalue weighted by molar-refractivity contribution is -0.182. The van der Waals surface area contributed by atoms with Gasteiger partial charge in [0.25, 0.3) is 0 Å². The van der Waals surface area contributed by atoms with E-state index in [1.807, 2.05) is 35.4 Å². The number of hydrogen-bond donors (Lipinski definition) is 1. The van der Waals surface area contributed by atoms with Crippen molar-refractivity contribution in [2.24, 2.45) is 0 Å². The number of rotatable bonds is 7. The van der Waals surface area contributed by atoms with E-state index in [0.29, 0.717) is 12.6 Å². The molecule has 6 heteroatoms. The van der Waals surface area contributed by atoms with Crippen LogP contribution in [0.3, 0.4) is 0 Å². The number of hydrogen-bond acceptors (Lipinski definition) is 6. The van der Waals surface area contributed by atoms with Crippen LogP contribution < -0.4 is 4.90 Å². The second kappa shape index (κ2) is 8.80. The summed E-state index contributed by atoms with van der Waals surface area (Å²) in [4.78, 5) is 9.55. The Morgan fingerprint density at radius 3 is 2.39 bits per heavy atom. The molecule has 2 aromatic rings. The molecule has 0 aromatic heterocycles. The predicted octanol–water partition coefficient (Wildman–Crippen LogP) is 5.23. The van der Waals surface area contributed by atoms with Crippen LogP contribution in [0.5, 0.6) is 5.75 Å². The van der Waals surface area contributed by atoms with Crippen molar-refractivity contribution in [1.29, 1.82) is 0 Å². The predicted molar refractivity (Wildman–Crippen MR) is 113 cm³/mol. The van der Waals surface area contributed by atoms with E-state index in [1.165, 1.54) is 12.8 Å². The zero-order valence-corrected chi connectivity index (χ0v) is 16.9. The smallest absolute Gasteiger partial charge is 0.226 e. The molecule has 0 unspecified atom stereocenters. The molecule has 0 bridgehead atoms. The molecule has 0 amide bonds. The number of hydroxylamine groups is 2. The molecule has 1 aliphatic heterocycles. The Balaban J connectivity index is 1.59. The van der Waals surface area contributed by atoms with Crippen LogP contribution in [0.1, 0.15) is 25.7 Å². The van der Waals surface area contributed by atoms with Crippen molar-refractivity contribution < 1.29 is 14.7 Å². The van der Waals surface area contributed by atoms with Crippen molar-refractivity contribution in [2.45, 2.75) is 31.8 Å². The second-order valence-corrected chi connectivity index (χ2v) is 8.07. The Morgan fingerprint density at radius 2 is 1.71 bits per heavy atom. The van der Waals surface area contributed by atoms with Gasteiger partial charge in [-0.3, -0.25) is 4.84 Å². The first-order chi connectivity index (χ1) is 13.7. The molecular weight excluding hydrogens is 372 g/mol. The third-order valence-electron chi connectivity index (χ3n) is 5.12. The molecule has 1 saturated carbocycles. The summed E-state index contributed by atoms with van der Waals surface area (Å²) < 4.78 is 5.73. The molecule has 28 heavy (non-hydrogen) atoms. The van der Waals surface area contributed by atoms with E-state index in [-0.39, 0.29) is 5.75 Å². The quantitative estimate of drug-likeness (QED) is 0.689. The molecule has 0 saturated heterocycles. The summed E-state index contributed by atoms with van der Waals surface area (Å²) >= 11 is 1.75. The SMILES string of the molecule is COC1=C(CN(c2ccccc2)c2ccc(O)cc2)SCN1OC1CCCC1. The summed E-state index contributed by atoms with van der Waals surface area (Å²) in [7, 11) is 1.71. The maximum Gasteiger partial charge on any atom is 0.226 e. The number of phenols is 1. The molecule has 2 aromatic carbocycles. The van der Waals surface area contributed by atoms with Gasteiger partial charge in [0.2, 0.25) is 5.88 Å². The third kappa shape index (κ3) is 4.23. The monoisotopic (exact) mass is 398 g/mol. The summed E-state index contributed by atoms with van der Waals surface area (Å²) in [6, 6.07) is 17.6. The van der Waals surface area contributed by atoms with Gasteiger partial charge < -0.3 is 14.7 Å². The van der Waals surface area contributed by atoms with Crippen molar-refractivity contribution in [3.63, 3.8) is 0 Å². The number of para-hydroxylation sites is 1. The summed E-state index contributed by atoms with van der Waals surface area (Å²) in [6.07, 6.45) is 5.03. The van der Waals surface area contributed by atoms with Crippen LogP contribution in [0.2, 0.25) is 0 Å². The Bertz CT molecular complexity index is 804. The van der Waals surface area contributed by atoms with Gasteiger partial charge in [-0.15, -0.1) is 0 Å². The van der Waals surface area contributed by atoms with Gasteiger partial charge in [0, 0.05) is 11.4 Å². The van der Waals surface area contributed by atoms with E-state index in [2.05, 4.69) is 17.0 Å². The number of aromatic hydroxyl groups is 1. The van der Waals surface area contributed by atoms with Gasteiger partial charge in [-0.25, -0.2) is 5.06 Å². The molecule has 1 fully saturated rings. The van der Waals surface area contributed by atoms with Crippen molar-refractivity contribution in [3.8, 4) is 5.75 Å². The number of anilines is 2. The zero-order valence-electron chi connectivity index (χ0n) is 16.1. The Hall–Kier alpha value is -2.31. The van der Waals surface area contributed by atoms with Crippen LogP contribution in [-0.2, 0) is 9.57 Å². The van der Waals surface area contributed by atoms with Crippen LogP contribution in [0.25, 0.3) is 0 Å². The van der Waals surface area contributed by atoms with Gasteiger partial charge in [0.05, 0.1) is 30.5 Å². The number of nitrogens with zero attached hydrogens (tertiary/aromatic N) is 2. The van der Waals surface area contributed by atoms with E-state index >= 15 is 0 Å². The summed E-state index contributed by atoms with van der Waals surface area (Å²) in [5.74, 6) is 1.81. The van der Waals surface area contributed by atoms with Gasteiger partial charge in [0.1, 0.15) is 5.75 Å². The van der Waals surface area contributed by atoms with Gasteiger partial charge >= 0.3 is 0 Å². The van der Waals surface area contributed by atoms with Crippen molar-refractivity contribution >= 4 is 23.1 Å². The van der Waals surface area contributed by atoms with E-state index in [9.17, 15) is 5.11 Å². The standard InChI is InChI=1S/C22H26N2O3S/c1-26-22-21(28-16-24(22)27-20-9-5-6-10-20)15-23(17-7-3-2-4-8-17)18-11-13-19(25)14-12-18/h2-4,7-8,11-14,20,25H,5-6,9-10,15-16H2,1H3. The number of phenolic OH excluding ortho intramolecular Hbond substituents is 1. The number of benzene rings is 2. The van der Waals surface area contributed by atoms with Gasteiger partial charge in [-0.1, -0.05) is 42.8 Å². The zero-order chi connectivity index (χ0) is 19.3. The van der Waals surface area contributed by atoms with Crippen LogP contribution >= 0.6 is 11.8 Å². The molecule has 1 heterocycles. The Morgan fingerprint density at radius 1 is 1.04 bits per heavy atom. The first-order valence-electron chi connectivity index (χ1n) is 9.70. The molecule has 148 valence electrons. The fourth-order valence-electron chi connectivity index (χ4n) is 3.69. The first kappa shape index (κ1) is 19.0. The molecule has 5 nitrogen and oxygen atoms in total. The number of methoxy groups -OCH3 is 1. The Kier molecular flexibility index (Phi) is 5.98. The van der Waals surface area contributed by atoms with E-state index in [4.69, 9.17) is 9.57 Å². The van der Waals surface area contributed by atoms with E-state index < -0.39 is 0 Å². The average molecular weight is 399 g/mol. The second-order valence-electron chi connectivity index (χ2n) is 7.03. The van der Waals surface area contributed by atoms with Gasteiger partial charge in [0.15, 0.2) is 0 Å². The highest BCUT2D eigenvalue weighted by molar-refractivity contribution is 8.03. The molecule has 0 radical (unpaired) electrons. The normalized spacial score (nSPS) is 17.4.